The van der Waals surface area contributed by atoms with Crippen LogP contribution in [0.1, 0.15) is 43.7 Å². The fourth-order valence-electron chi connectivity index (χ4n) is 4.10. The molecular weight excluding hydrogens is 388 g/mol. The lowest BCUT2D eigenvalue weighted by Gasteiger charge is -2.20. The molecule has 0 bridgehead atoms. The molecule has 1 heterocycles. The van der Waals surface area contributed by atoms with Crippen LogP contribution in [0, 0.1) is 6.92 Å². The Morgan fingerprint density at radius 3 is 2.48 bits per heavy atom. The largest absolute Gasteiger partial charge is 0.495 e. The van der Waals surface area contributed by atoms with Gasteiger partial charge in [0.25, 0.3) is 5.91 Å². The van der Waals surface area contributed by atoms with Crippen LogP contribution >= 0.6 is 11.6 Å². The molecule has 152 valence electrons. The lowest BCUT2D eigenvalue weighted by Crippen LogP contribution is -2.35. The van der Waals surface area contributed by atoms with Crippen LogP contribution in [0.25, 0.3) is 0 Å². The van der Waals surface area contributed by atoms with Crippen molar-refractivity contribution in [2.24, 2.45) is 0 Å². The van der Waals surface area contributed by atoms with E-state index in [0.717, 1.165) is 17.7 Å². The number of rotatable bonds is 6. The Morgan fingerprint density at radius 2 is 1.90 bits per heavy atom. The number of carbonyl (C=O) groups is 2. The first kappa shape index (κ1) is 19.8. The van der Waals surface area contributed by atoms with Gasteiger partial charge in [-0.25, -0.2) is 4.90 Å². The molecular formula is C23H25ClN2O3. The fourth-order valence-corrected chi connectivity index (χ4v) is 4.26. The molecule has 5 nitrogen and oxygen atoms in total. The second-order valence-corrected chi connectivity index (χ2v) is 8.36. The Labute approximate surface area is 176 Å². The summed E-state index contributed by atoms with van der Waals surface area (Å²) in [4.78, 5) is 26.9. The molecule has 2 aromatic carbocycles. The lowest BCUT2D eigenvalue weighted by molar-refractivity contribution is -0.121. The Hall–Kier alpha value is -2.53. The molecule has 1 saturated carbocycles. The quantitative estimate of drug-likeness (QED) is 0.689. The number of methoxy groups -OCH3 is 1. The number of carbonyl (C=O) groups excluding carboxylic acids is 2. The Kier molecular flexibility index (Phi) is 5.03. The molecule has 1 unspecified atom stereocenters. The number of hydrogen-bond donors (Lipinski definition) is 1. The number of benzene rings is 2. The zero-order chi connectivity index (χ0) is 20.8. The van der Waals surface area contributed by atoms with Crippen molar-refractivity contribution in [3.63, 3.8) is 0 Å². The molecule has 2 amide bonds. The molecule has 2 aromatic rings. The van der Waals surface area contributed by atoms with Crippen molar-refractivity contribution in [3.05, 3.63) is 52.5 Å². The number of imide groups is 1. The van der Waals surface area contributed by atoms with Crippen LogP contribution in [-0.2, 0) is 15.0 Å². The molecule has 0 spiro atoms. The molecule has 4 rings (SSSR count). The van der Waals surface area contributed by atoms with Crippen LogP contribution in [0.5, 0.6) is 5.75 Å². The van der Waals surface area contributed by atoms with Crippen molar-refractivity contribution in [1.82, 2.24) is 0 Å². The number of anilines is 2. The molecule has 29 heavy (non-hydrogen) atoms. The minimum atomic E-state index is -0.602. The van der Waals surface area contributed by atoms with Gasteiger partial charge in [0.2, 0.25) is 5.91 Å². The summed E-state index contributed by atoms with van der Waals surface area (Å²) in [5, 5.41) is 3.75. The molecule has 2 aliphatic rings. The van der Waals surface area contributed by atoms with Gasteiger partial charge in [-0.1, -0.05) is 30.7 Å². The standard InChI is InChI=1S/C23H25ClN2O3/c1-4-23(9-10-23)15-5-7-16(8-6-15)25-18-13-21(27)26(22(18)28)19-11-14(2)17(24)12-20(19)29-3/h5-8,11-12,18,25H,4,9-10,13H2,1-3H3. The van der Waals surface area contributed by atoms with Crippen molar-refractivity contribution in [2.45, 2.75) is 51.0 Å². The molecule has 1 atom stereocenters. The predicted molar refractivity (Wildman–Crippen MR) is 115 cm³/mol. The highest BCUT2D eigenvalue weighted by Gasteiger charge is 2.43. The van der Waals surface area contributed by atoms with Crippen LogP contribution in [0.2, 0.25) is 5.02 Å². The van der Waals surface area contributed by atoms with E-state index in [2.05, 4.69) is 24.4 Å². The maximum Gasteiger partial charge on any atom is 0.256 e. The van der Waals surface area contributed by atoms with E-state index in [4.69, 9.17) is 16.3 Å². The molecule has 6 heteroatoms. The summed E-state index contributed by atoms with van der Waals surface area (Å²) in [6.07, 6.45) is 3.73. The Bertz CT molecular complexity index is 967. The number of hydrogen-bond acceptors (Lipinski definition) is 4. The Balaban J connectivity index is 1.54. The van der Waals surface area contributed by atoms with Gasteiger partial charge in [0.05, 0.1) is 19.2 Å². The summed E-state index contributed by atoms with van der Waals surface area (Å²) in [5.41, 5.74) is 3.75. The van der Waals surface area contributed by atoms with E-state index in [1.807, 2.05) is 19.1 Å². The van der Waals surface area contributed by atoms with Crippen LogP contribution in [0.15, 0.2) is 36.4 Å². The monoisotopic (exact) mass is 412 g/mol. The first-order valence-corrected chi connectivity index (χ1v) is 10.3. The third-order valence-electron chi connectivity index (χ3n) is 6.22. The van der Waals surface area contributed by atoms with E-state index in [0.29, 0.717) is 21.9 Å². The normalized spacial score (nSPS) is 20.1. The van der Waals surface area contributed by atoms with Crippen molar-refractivity contribution in [3.8, 4) is 5.75 Å². The molecule has 1 saturated heterocycles. The SMILES string of the molecule is CCC1(c2ccc(NC3CC(=O)N(c4cc(C)c(Cl)cc4OC)C3=O)cc2)CC1. The van der Waals surface area contributed by atoms with Gasteiger partial charge in [0.1, 0.15) is 11.8 Å². The van der Waals surface area contributed by atoms with Crippen molar-refractivity contribution in [2.75, 3.05) is 17.3 Å². The van der Waals surface area contributed by atoms with Crippen LogP contribution in [-0.4, -0.2) is 25.0 Å². The maximum absolute atomic E-state index is 13.0. The van der Waals surface area contributed by atoms with Crippen LogP contribution in [0.4, 0.5) is 11.4 Å². The summed E-state index contributed by atoms with van der Waals surface area (Å²) in [5.74, 6) is -0.139. The lowest BCUT2D eigenvalue weighted by atomic mass is 9.93. The number of aryl methyl sites for hydroxylation is 1. The molecule has 1 aliphatic carbocycles. The molecule has 1 N–H and O–H groups in total. The van der Waals surface area contributed by atoms with Gasteiger partial charge in [-0.15, -0.1) is 0 Å². The van der Waals surface area contributed by atoms with Gasteiger partial charge in [0, 0.05) is 16.8 Å². The van der Waals surface area contributed by atoms with Crippen LogP contribution < -0.4 is 15.0 Å². The van der Waals surface area contributed by atoms with Gasteiger partial charge in [0.15, 0.2) is 0 Å². The summed E-state index contributed by atoms with van der Waals surface area (Å²) in [6.45, 7) is 4.06. The van der Waals surface area contributed by atoms with E-state index in [1.54, 1.807) is 12.1 Å². The van der Waals surface area contributed by atoms with E-state index >= 15 is 0 Å². The van der Waals surface area contributed by atoms with Crippen molar-refractivity contribution >= 4 is 34.8 Å². The van der Waals surface area contributed by atoms with Crippen LogP contribution in [0.3, 0.4) is 0 Å². The minimum Gasteiger partial charge on any atom is -0.495 e. The average molecular weight is 413 g/mol. The van der Waals surface area contributed by atoms with Gasteiger partial charge < -0.3 is 10.1 Å². The smallest absolute Gasteiger partial charge is 0.256 e. The third kappa shape index (κ3) is 3.48. The highest BCUT2D eigenvalue weighted by molar-refractivity contribution is 6.32. The highest BCUT2D eigenvalue weighted by atomic mass is 35.5. The van der Waals surface area contributed by atoms with Gasteiger partial charge in [-0.3, -0.25) is 9.59 Å². The van der Waals surface area contributed by atoms with E-state index < -0.39 is 6.04 Å². The molecule has 1 aliphatic heterocycles. The van der Waals surface area contributed by atoms with Gasteiger partial charge in [-0.05, 0) is 60.9 Å². The van der Waals surface area contributed by atoms with Gasteiger partial charge in [-0.2, -0.15) is 0 Å². The van der Waals surface area contributed by atoms with Gasteiger partial charge >= 0.3 is 0 Å². The second kappa shape index (κ2) is 7.38. The zero-order valence-electron chi connectivity index (χ0n) is 16.9. The molecule has 2 fully saturated rings. The number of ether oxygens (including phenoxy) is 1. The average Bonchev–Trinajstić information content (AvgIpc) is 3.46. The minimum absolute atomic E-state index is 0.101. The first-order valence-electron chi connectivity index (χ1n) is 9.96. The first-order chi connectivity index (χ1) is 13.9. The number of nitrogens with one attached hydrogen (secondary N) is 1. The maximum atomic E-state index is 13.0. The highest BCUT2D eigenvalue weighted by Crippen LogP contribution is 2.51. The fraction of sp³-hybridized carbons (Fsp3) is 0.391. The molecule has 0 aromatic heterocycles. The summed E-state index contributed by atoms with van der Waals surface area (Å²) >= 11 is 6.16. The summed E-state index contributed by atoms with van der Waals surface area (Å²) in [7, 11) is 1.50. The zero-order valence-corrected chi connectivity index (χ0v) is 17.7. The third-order valence-corrected chi connectivity index (χ3v) is 6.62. The molecule has 0 radical (unpaired) electrons. The Morgan fingerprint density at radius 1 is 1.21 bits per heavy atom. The van der Waals surface area contributed by atoms with Crippen molar-refractivity contribution < 1.29 is 14.3 Å². The topological polar surface area (TPSA) is 58.6 Å². The summed E-state index contributed by atoms with van der Waals surface area (Å²) < 4.78 is 5.35. The number of amides is 2. The number of halogens is 1. The van der Waals surface area contributed by atoms with E-state index in [-0.39, 0.29) is 18.2 Å². The summed E-state index contributed by atoms with van der Waals surface area (Å²) in [6, 6.07) is 11.0. The second-order valence-electron chi connectivity index (χ2n) is 7.95. The van der Waals surface area contributed by atoms with Crippen molar-refractivity contribution in [1.29, 1.82) is 0 Å². The van der Waals surface area contributed by atoms with E-state index in [9.17, 15) is 9.59 Å². The van der Waals surface area contributed by atoms with E-state index in [1.165, 1.54) is 30.4 Å². The number of nitrogens with zero attached hydrogens (tertiary/aromatic N) is 1. The predicted octanol–water partition coefficient (Wildman–Crippen LogP) is 4.84.